The van der Waals surface area contributed by atoms with Crippen LogP contribution in [0.15, 0.2) is 36.4 Å². The maximum absolute atomic E-state index is 11.6. The van der Waals surface area contributed by atoms with Crippen molar-refractivity contribution in [2.24, 2.45) is 0 Å². The van der Waals surface area contributed by atoms with Crippen LogP contribution in [-0.2, 0) is 16.0 Å². The minimum absolute atomic E-state index is 0.205. The van der Waals surface area contributed by atoms with Crippen LogP contribution in [0.2, 0.25) is 0 Å². The maximum atomic E-state index is 11.6. The summed E-state index contributed by atoms with van der Waals surface area (Å²) in [5.74, 6) is 0.205. The van der Waals surface area contributed by atoms with Crippen molar-refractivity contribution in [2.45, 2.75) is 13.3 Å². The SMILES string of the molecule is CC(=O)Cc1c(N2CCOCC2)ccc2ccccc12. The molecule has 20 heavy (non-hydrogen) atoms. The normalized spacial score (nSPS) is 15.6. The number of carbonyl (C=O) groups excluding carboxylic acids is 1. The molecule has 0 saturated carbocycles. The molecule has 104 valence electrons. The molecular formula is C17H19NO2. The monoisotopic (exact) mass is 269 g/mol. The molecule has 3 rings (SSSR count). The van der Waals surface area contributed by atoms with E-state index < -0.39 is 0 Å². The predicted molar refractivity (Wildman–Crippen MR) is 81.4 cm³/mol. The van der Waals surface area contributed by atoms with E-state index in [2.05, 4.69) is 29.2 Å². The summed E-state index contributed by atoms with van der Waals surface area (Å²) in [4.78, 5) is 14.0. The second-order valence-electron chi connectivity index (χ2n) is 5.26. The average molecular weight is 269 g/mol. The summed E-state index contributed by atoms with van der Waals surface area (Å²) in [6.45, 7) is 4.95. The minimum Gasteiger partial charge on any atom is -0.378 e. The van der Waals surface area contributed by atoms with Crippen LogP contribution in [-0.4, -0.2) is 32.1 Å². The van der Waals surface area contributed by atoms with Crippen LogP contribution in [0.3, 0.4) is 0 Å². The van der Waals surface area contributed by atoms with Gasteiger partial charge < -0.3 is 9.64 Å². The topological polar surface area (TPSA) is 29.5 Å². The lowest BCUT2D eigenvalue weighted by Gasteiger charge is -2.31. The molecule has 2 aromatic rings. The molecular weight excluding hydrogens is 250 g/mol. The first kappa shape index (κ1) is 13.1. The largest absolute Gasteiger partial charge is 0.378 e. The second kappa shape index (κ2) is 5.63. The molecule has 0 spiro atoms. The Morgan fingerprint density at radius 1 is 1.15 bits per heavy atom. The number of morpholine rings is 1. The highest BCUT2D eigenvalue weighted by Crippen LogP contribution is 2.30. The van der Waals surface area contributed by atoms with E-state index in [0.717, 1.165) is 31.9 Å². The van der Waals surface area contributed by atoms with Crippen LogP contribution >= 0.6 is 0 Å². The molecule has 3 nitrogen and oxygen atoms in total. The molecule has 3 heteroatoms. The lowest BCUT2D eigenvalue weighted by atomic mass is 9.98. The van der Waals surface area contributed by atoms with Gasteiger partial charge >= 0.3 is 0 Å². The molecule has 0 N–H and O–H groups in total. The van der Waals surface area contributed by atoms with E-state index in [1.165, 1.54) is 16.5 Å². The molecule has 1 heterocycles. The summed E-state index contributed by atoms with van der Waals surface area (Å²) in [5, 5.41) is 2.38. The van der Waals surface area contributed by atoms with Gasteiger partial charge in [0, 0.05) is 25.2 Å². The standard InChI is InChI=1S/C17H19NO2/c1-13(19)12-16-15-5-3-2-4-14(15)6-7-17(16)18-8-10-20-11-9-18/h2-7H,8-12H2,1H3. The van der Waals surface area contributed by atoms with E-state index in [-0.39, 0.29) is 5.78 Å². The maximum Gasteiger partial charge on any atom is 0.134 e. The zero-order valence-electron chi connectivity index (χ0n) is 11.8. The quantitative estimate of drug-likeness (QED) is 0.858. The number of carbonyl (C=O) groups is 1. The van der Waals surface area contributed by atoms with Crippen LogP contribution in [0.4, 0.5) is 5.69 Å². The molecule has 0 bridgehead atoms. The molecule has 1 saturated heterocycles. The van der Waals surface area contributed by atoms with Crippen molar-refractivity contribution in [3.63, 3.8) is 0 Å². The Hall–Kier alpha value is -1.87. The number of hydrogen-bond acceptors (Lipinski definition) is 3. The van der Waals surface area contributed by atoms with Crippen molar-refractivity contribution in [2.75, 3.05) is 31.2 Å². The van der Waals surface area contributed by atoms with Crippen molar-refractivity contribution in [3.8, 4) is 0 Å². The number of fused-ring (bicyclic) bond motifs is 1. The van der Waals surface area contributed by atoms with Gasteiger partial charge in [-0.2, -0.15) is 0 Å². The molecule has 1 aliphatic rings. The second-order valence-corrected chi connectivity index (χ2v) is 5.26. The predicted octanol–water partition coefficient (Wildman–Crippen LogP) is 2.81. The Morgan fingerprint density at radius 2 is 1.90 bits per heavy atom. The fourth-order valence-electron chi connectivity index (χ4n) is 2.86. The Labute approximate surface area is 119 Å². The summed E-state index contributed by atoms with van der Waals surface area (Å²) in [6, 6.07) is 12.6. The van der Waals surface area contributed by atoms with Gasteiger partial charge in [0.2, 0.25) is 0 Å². The minimum atomic E-state index is 0.205. The number of benzene rings is 2. The summed E-state index contributed by atoms with van der Waals surface area (Å²) >= 11 is 0. The van der Waals surface area contributed by atoms with Crippen molar-refractivity contribution in [3.05, 3.63) is 42.0 Å². The van der Waals surface area contributed by atoms with Crippen LogP contribution in [0.1, 0.15) is 12.5 Å². The fourth-order valence-corrected chi connectivity index (χ4v) is 2.86. The molecule has 0 amide bonds. The van der Waals surface area contributed by atoms with Gasteiger partial charge in [-0.25, -0.2) is 0 Å². The third-order valence-electron chi connectivity index (χ3n) is 3.79. The Balaban J connectivity index is 2.11. The van der Waals surface area contributed by atoms with E-state index in [9.17, 15) is 4.79 Å². The summed E-state index contributed by atoms with van der Waals surface area (Å²) in [5.41, 5.74) is 2.33. The lowest BCUT2D eigenvalue weighted by Crippen LogP contribution is -2.36. The Kier molecular flexibility index (Phi) is 3.70. The first-order chi connectivity index (χ1) is 9.75. The van der Waals surface area contributed by atoms with Crippen molar-refractivity contribution < 1.29 is 9.53 Å². The van der Waals surface area contributed by atoms with Crippen LogP contribution in [0.5, 0.6) is 0 Å². The Morgan fingerprint density at radius 3 is 2.65 bits per heavy atom. The number of ether oxygens (including phenoxy) is 1. The first-order valence-corrected chi connectivity index (χ1v) is 7.08. The third-order valence-corrected chi connectivity index (χ3v) is 3.79. The van der Waals surface area contributed by atoms with E-state index in [1.807, 2.05) is 12.1 Å². The average Bonchev–Trinajstić information content (AvgIpc) is 2.48. The number of hydrogen-bond donors (Lipinski definition) is 0. The van der Waals surface area contributed by atoms with E-state index in [1.54, 1.807) is 6.92 Å². The zero-order chi connectivity index (χ0) is 13.9. The van der Waals surface area contributed by atoms with Crippen LogP contribution < -0.4 is 4.90 Å². The number of ketones is 1. The van der Waals surface area contributed by atoms with Gasteiger partial charge in [-0.05, 0) is 29.3 Å². The molecule has 0 aromatic heterocycles. The van der Waals surface area contributed by atoms with Gasteiger partial charge in [0.05, 0.1) is 13.2 Å². The highest BCUT2D eigenvalue weighted by Gasteiger charge is 2.17. The molecule has 1 fully saturated rings. The van der Waals surface area contributed by atoms with Gasteiger partial charge in [0.15, 0.2) is 0 Å². The molecule has 0 aliphatic carbocycles. The van der Waals surface area contributed by atoms with Gasteiger partial charge in [-0.1, -0.05) is 30.3 Å². The highest BCUT2D eigenvalue weighted by atomic mass is 16.5. The van der Waals surface area contributed by atoms with Gasteiger partial charge in [-0.3, -0.25) is 4.79 Å². The molecule has 2 aromatic carbocycles. The van der Waals surface area contributed by atoms with Gasteiger partial charge in [0.25, 0.3) is 0 Å². The summed E-state index contributed by atoms with van der Waals surface area (Å²) in [6.07, 6.45) is 0.494. The number of Topliss-reactive ketones (excluding diaryl/α,β-unsaturated/α-hetero) is 1. The fraction of sp³-hybridized carbons (Fsp3) is 0.353. The first-order valence-electron chi connectivity index (χ1n) is 7.08. The van der Waals surface area contributed by atoms with Crippen LogP contribution in [0.25, 0.3) is 10.8 Å². The zero-order valence-corrected chi connectivity index (χ0v) is 11.8. The lowest BCUT2D eigenvalue weighted by molar-refractivity contribution is -0.116. The number of nitrogens with zero attached hydrogens (tertiary/aromatic N) is 1. The summed E-state index contributed by atoms with van der Waals surface area (Å²) in [7, 11) is 0. The smallest absolute Gasteiger partial charge is 0.134 e. The van der Waals surface area contributed by atoms with Crippen molar-refractivity contribution in [1.29, 1.82) is 0 Å². The number of anilines is 1. The van der Waals surface area contributed by atoms with Crippen molar-refractivity contribution >= 4 is 22.2 Å². The van der Waals surface area contributed by atoms with Crippen LogP contribution in [0, 0.1) is 0 Å². The molecule has 0 radical (unpaired) electrons. The Bertz CT molecular complexity index is 630. The van der Waals surface area contributed by atoms with E-state index in [0.29, 0.717) is 6.42 Å². The van der Waals surface area contributed by atoms with Gasteiger partial charge in [-0.15, -0.1) is 0 Å². The molecule has 1 aliphatic heterocycles. The molecule has 0 unspecified atom stereocenters. The van der Waals surface area contributed by atoms with E-state index >= 15 is 0 Å². The van der Waals surface area contributed by atoms with E-state index in [4.69, 9.17) is 4.74 Å². The molecule has 0 atom stereocenters. The van der Waals surface area contributed by atoms with Crippen molar-refractivity contribution in [1.82, 2.24) is 0 Å². The van der Waals surface area contributed by atoms with Gasteiger partial charge in [0.1, 0.15) is 5.78 Å². The summed E-state index contributed by atoms with van der Waals surface area (Å²) < 4.78 is 5.42. The third kappa shape index (κ3) is 2.54. The number of rotatable bonds is 3. The highest BCUT2D eigenvalue weighted by molar-refractivity contribution is 5.94.